The molecule has 2 saturated carbocycles. The van der Waals surface area contributed by atoms with Crippen LogP contribution in [0.3, 0.4) is 0 Å². The molecule has 1 aromatic heterocycles. The number of pyridine rings is 1. The van der Waals surface area contributed by atoms with Crippen molar-refractivity contribution in [3.05, 3.63) is 33.7 Å². The Morgan fingerprint density at radius 3 is 2.21 bits per heavy atom. The van der Waals surface area contributed by atoms with E-state index in [-0.39, 0.29) is 23.7 Å². The molecular weight excluding hydrogens is 422 g/mol. The molecule has 2 amide bonds. The molecule has 0 spiro atoms. The maximum Gasteiger partial charge on any atom is 0.256 e. The molecule has 1 heterocycles. The van der Waals surface area contributed by atoms with Gasteiger partial charge in [-0.3, -0.25) is 14.4 Å². The van der Waals surface area contributed by atoms with Gasteiger partial charge in [0, 0.05) is 38.6 Å². The molecule has 2 fully saturated rings. The van der Waals surface area contributed by atoms with Crippen molar-refractivity contribution in [1.82, 2.24) is 15.2 Å². The summed E-state index contributed by atoms with van der Waals surface area (Å²) in [5, 5.41) is 16.5. The van der Waals surface area contributed by atoms with Crippen LogP contribution in [0.2, 0.25) is 0 Å². The minimum atomic E-state index is -0.934. The molecule has 0 saturated heterocycles. The summed E-state index contributed by atoms with van der Waals surface area (Å²) >= 11 is 0. The number of nitrogens with zero attached hydrogens (tertiary/aromatic N) is 1. The highest BCUT2D eigenvalue weighted by atomic mass is 16.5. The summed E-state index contributed by atoms with van der Waals surface area (Å²) < 4.78 is 6.79. The van der Waals surface area contributed by atoms with Crippen LogP contribution in [0.1, 0.15) is 97.8 Å². The Labute approximate surface area is 196 Å². The molecule has 0 aromatic carbocycles. The molecule has 3 N–H and O–H groups in total. The molecule has 0 bridgehead atoms. The lowest BCUT2D eigenvalue weighted by Gasteiger charge is -2.32. The van der Waals surface area contributed by atoms with Crippen molar-refractivity contribution in [3.63, 3.8) is 0 Å². The third kappa shape index (κ3) is 7.40. The molecule has 2 aliphatic rings. The number of nitrogens with one attached hydrogen (secondary N) is 2. The highest BCUT2D eigenvalue weighted by Crippen LogP contribution is 2.27. The Morgan fingerprint density at radius 1 is 1.00 bits per heavy atom. The molecule has 3 rings (SSSR count). The van der Waals surface area contributed by atoms with Gasteiger partial charge in [-0.05, 0) is 25.7 Å². The van der Waals surface area contributed by atoms with Crippen molar-refractivity contribution in [2.45, 2.75) is 95.2 Å². The minimum Gasteiger partial charge on any atom is -0.388 e. The van der Waals surface area contributed by atoms with Crippen LogP contribution < -0.4 is 16.1 Å². The first-order valence-corrected chi connectivity index (χ1v) is 12.5. The van der Waals surface area contributed by atoms with E-state index < -0.39 is 22.8 Å². The normalized spacial score (nSPS) is 19.3. The fourth-order valence-corrected chi connectivity index (χ4v) is 4.87. The quantitative estimate of drug-likeness (QED) is 0.551. The molecule has 1 aromatic rings. The minimum absolute atomic E-state index is 0.0304. The van der Waals surface area contributed by atoms with Gasteiger partial charge in [0.05, 0.1) is 12.2 Å². The summed E-state index contributed by atoms with van der Waals surface area (Å²) in [4.78, 5) is 39.1. The van der Waals surface area contributed by atoms with Crippen molar-refractivity contribution >= 4 is 11.8 Å². The number of aromatic nitrogens is 1. The molecule has 8 nitrogen and oxygen atoms in total. The summed E-state index contributed by atoms with van der Waals surface area (Å²) in [6.45, 7) is 0.889. The van der Waals surface area contributed by atoms with E-state index in [0.29, 0.717) is 26.0 Å². The van der Waals surface area contributed by atoms with E-state index in [4.69, 9.17) is 4.74 Å². The molecular formula is C25H39N3O5. The number of methoxy groups -OCH3 is 1. The monoisotopic (exact) mass is 461 g/mol. The van der Waals surface area contributed by atoms with E-state index in [9.17, 15) is 19.5 Å². The summed E-state index contributed by atoms with van der Waals surface area (Å²) in [7, 11) is 1.57. The van der Waals surface area contributed by atoms with Gasteiger partial charge in [0.25, 0.3) is 11.8 Å². The van der Waals surface area contributed by atoms with Crippen molar-refractivity contribution < 1.29 is 19.4 Å². The highest BCUT2D eigenvalue weighted by Gasteiger charge is 2.30. The summed E-state index contributed by atoms with van der Waals surface area (Å²) in [5.41, 5.74) is -1.64. The van der Waals surface area contributed by atoms with Crippen LogP contribution in [0.25, 0.3) is 0 Å². The lowest BCUT2D eigenvalue weighted by Crippen LogP contribution is -2.45. The molecule has 8 heteroatoms. The Hall–Kier alpha value is -2.19. The first kappa shape index (κ1) is 25.4. The Balaban J connectivity index is 1.77. The third-order valence-electron chi connectivity index (χ3n) is 6.92. The van der Waals surface area contributed by atoms with Crippen LogP contribution in [0.15, 0.2) is 17.2 Å². The molecule has 0 aliphatic heterocycles. The molecule has 184 valence electrons. The average Bonchev–Trinajstić information content (AvgIpc) is 2.79. The molecule has 2 aliphatic carbocycles. The maximum atomic E-state index is 13.1. The Morgan fingerprint density at radius 2 is 1.58 bits per heavy atom. The van der Waals surface area contributed by atoms with E-state index in [0.717, 1.165) is 57.8 Å². The van der Waals surface area contributed by atoms with Crippen molar-refractivity contribution in [1.29, 1.82) is 0 Å². The lowest BCUT2D eigenvalue weighted by molar-refractivity contribution is 0.00523. The average molecular weight is 462 g/mol. The number of ether oxygens (including phenoxy) is 1. The van der Waals surface area contributed by atoms with Gasteiger partial charge in [-0.25, -0.2) is 0 Å². The predicted octanol–water partition coefficient (Wildman–Crippen LogP) is 2.76. The number of aliphatic hydroxyl groups is 1. The third-order valence-corrected chi connectivity index (χ3v) is 6.92. The summed E-state index contributed by atoms with van der Waals surface area (Å²) in [6.07, 6.45) is 14.7. The second-order valence-corrected chi connectivity index (χ2v) is 9.63. The van der Waals surface area contributed by atoms with Gasteiger partial charge in [0.15, 0.2) is 0 Å². The van der Waals surface area contributed by atoms with E-state index in [1.165, 1.54) is 18.8 Å². The van der Waals surface area contributed by atoms with E-state index in [1.54, 1.807) is 11.7 Å². The molecule has 0 unspecified atom stereocenters. The standard InChI is InChI=1S/C25H39N3O5/c1-33-15-14-28-16-20(23(30)26-18-25(32)12-8-5-9-13-25)22(29)21(17-28)24(31)27-19-10-6-3-2-4-7-11-19/h16-17,19,32H,2-15,18H2,1H3,(H,26,30)(H,27,31). The van der Waals surface area contributed by atoms with Crippen molar-refractivity contribution in [3.8, 4) is 0 Å². The van der Waals surface area contributed by atoms with Crippen molar-refractivity contribution in [2.75, 3.05) is 20.3 Å². The smallest absolute Gasteiger partial charge is 0.256 e. The van der Waals surface area contributed by atoms with Crippen LogP contribution in [0.4, 0.5) is 0 Å². The first-order valence-electron chi connectivity index (χ1n) is 12.5. The second kappa shape index (κ2) is 12.3. The van der Waals surface area contributed by atoms with Gasteiger partial charge in [-0.1, -0.05) is 51.4 Å². The van der Waals surface area contributed by atoms with Crippen LogP contribution in [-0.2, 0) is 11.3 Å². The van der Waals surface area contributed by atoms with Gasteiger partial charge < -0.3 is 25.0 Å². The zero-order chi connectivity index (χ0) is 23.7. The van der Waals surface area contributed by atoms with Crippen LogP contribution in [0, 0.1) is 0 Å². The maximum absolute atomic E-state index is 13.1. The lowest BCUT2D eigenvalue weighted by atomic mass is 9.85. The van der Waals surface area contributed by atoms with Gasteiger partial charge in [-0.2, -0.15) is 0 Å². The van der Waals surface area contributed by atoms with Gasteiger partial charge in [0.1, 0.15) is 11.1 Å². The Bertz CT molecular complexity index is 852. The number of rotatable bonds is 8. The number of amides is 2. The largest absolute Gasteiger partial charge is 0.388 e. The SMILES string of the molecule is COCCn1cc(C(=O)NCC2(O)CCCCC2)c(=O)c(C(=O)NC2CCCCCCC2)c1. The second-order valence-electron chi connectivity index (χ2n) is 9.63. The number of carbonyl (C=O) groups excluding carboxylic acids is 2. The fraction of sp³-hybridized carbons (Fsp3) is 0.720. The highest BCUT2D eigenvalue weighted by molar-refractivity contribution is 5.99. The predicted molar refractivity (Wildman–Crippen MR) is 127 cm³/mol. The zero-order valence-corrected chi connectivity index (χ0v) is 19.9. The zero-order valence-electron chi connectivity index (χ0n) is 19.9. The van der Waals surface area contributed by atoms with Crippen LogP contribution in [0.5, 0.6) is 0 Å². The number of hydrogen-bond acceptors (Lipinski definition) is 5. The molecule has 33 heavy (non-hydrogen) atoms. The number of carbonyl (C=O) groups is 2. The molecule has 0 atom stereocenters. The summed E-state index contributed by atoms with van der Waals surface area (Å²) in [5.74, 6) is -0.997. The van der Waals surface area contributed by atoms with Crippen LogP contribution >= 0.6 is 0 Å². The Kier molecular flexibility index (Phi) is 9.50. The van der Waals surface area contributed by atoms with Gasteiger partial charge in [-0.15, -0.1) is 0 Å². The van der Waals surface area contributed by atoms with Crippen LogP contribution in [-0.4, -0.2) is 53.4 Å². The fourth-order valence-electron chi connectivity index (χ4n) is 4.87. The summed E-state index contributed by atoms with van der Waals surface area (Å²) in [6, 6.07) is 0.0441. The topological polar surface area (TPSA) is 110 Å². The van der Waals surface area contributed by atoms with Gasteiger partial charge >= 0.3 is 0 Å². The number of hydrogen-bond donors (Lipinski definition) is 3. The van der Waals surface area contributed by atoms with Crippen molar-refractivity contribution in [2.24, 2.45) is 0 Å². The van der Waals surface area contributed by atoms with E-state index >= 15 is 0 Å². The van der Waals surface area contributed by atoms with E-state index in [2.05, 4.69) is 10.6 Å². The first-order chi connectivity index (χ1) is 15.9. The van der Waals surface area contributed by atoms with Gasteiger partial charge in [0.2, 0.25) is 5.43 Å². The molecule has 0 radical (unpaired) electrons. The van der Waals surface area contributed by atoms with E-state index in [1.807, 2.05) is 0 Å².